The average Bonchev–Trinajstić information content (AvgIpc) is 1.81. The summed E-state index contributed by atoms with van der Waals surface area (Å²) in [6, 6.07) is 0. The topological polar surface area (TPSA) is 12.4 Å². The van der Waals surface area contributed by atoms with E-state index in [0.29, 0.717) is 0 Å². The molecule has 0 heterocycles. The van der Waals surface area contributed by atoms with E-state index in [0.717, 1.165) is 0 Å². The van der Waals surface area contributed by atoms with Gasteiger partial charge in [0.2, 0.25) is 0 Å². The zero-order chi connectivity index (χ0) is 6.24. The van der Waals surface area contributed by atoms with Crippen LogP contribution >= 0.6 is 11.9 Å². The van der Waals surface area contributed by atoms with Gasteiger partial charge in [0.05, 0.1) is 0 Å². The molecule has 0 rings (SSSR count). The summed E-state index contributed by atoms with van der Waals surface area (Å²) in [5.74, 6) is 0. The molecular weight excluding hydrogens is 118 g/mol. The number of hydrogen-bond acceptors (Lipinski definition) is 2. The Morgan fingerprint density at radius 2 is 2.38 bits per heavy atom. The van der Waals surface area contributed by atoms with Crippen LogP contribution in [0.15, 0.2) is 28.5 Å². The third kappa shape index (κ3) is 5.50. The van der Waals surface area contributed by atoms with E-state index >= 15 is 0 Å². The molecule has 0 atom stereocenters. The minimum atomic E-state index is 1.40. The second-order valence-electron chi connectivity index (χ2n) is 1.03. The summed E-state index contributed by atoms with van der Waals surface area (Å²) in [7, 11) is 0. The number of hydrogen-bond donors (Lipinski definition) is 0. The van der Waals surface area contributed by atoms with Crippen molar-refractivity contribution in [2.24, 2.45) is 4.40 Å². The highest BCUT2D eigenvalue weighted by Crippen LogP contribution is 2.00. The number of allylic oxidation sites excluding steroid dienone is 2. The second-order valence-corrected chi connectivity index (χ2v) is 1.73. The first-order valence-electron chi connectivity index (χ1n) is 2.33. The van der Waals surface area contributed by atoms with Crippen LogP contribution in [-0.4, -0.2) is 6.21 Å². The highest BCUT2D eigenvalue weighted by molar-refractivity contribution is 8.01. The molecular formula is C6H9NS. The molecule has 0 aromatic rings. The fourth-order valence-electron chi connectivity index (χ4n) is 0.187. The molecule has 0 aromatic carbocycles. The van der Waals surface area contributed by atoms with Crippen LogP contribution in [0.3, 0.4) is 0 Å². The Morgan fingerprint density at radius 3 is 2.88 bits per heavy atom. The van der Waals surface area contributed by atoms with E-state index in [-0.39, 0.29) is 0 Å². The SMILES string of the molecule is C=C/C=C\SN=CC. The van der Waals surface area contributed by atoms with Crippen LogP contribution in [0, 0.1) is 0 Å². The first-order chi connectivity index (χ1) is 3.91. The van der Waals surface area contributed by atoms with Crippen LogP contribution in [0.25, 0.3) is 0 Å². The Morgan fingerprint density at radius 1 is 1.62 bits per heavy atom. The van der Waals surface area contributed by atoms with Crippen molar-refractivity contribution in [3.63, 3.8) is 0 Å². The molecule has 44 valence electrons. The number of rotatable bonds is 3. The quantitative estimate of drug-likeness (QED) is 0.322. The highest BCUT2D eigenvalue weighted by atomic mass is 32.2. The first kappa shape index (κ1) is 7.50. The van der Waals surface area contributed by atoms with E-state index in [4.69, 9.17) is 0 Å². The molecule has 0 aliphatic rings. The normalized spacial score (nSPS) is 11.1. The molecule has 0 aliphatic heterocycles. The summed E-state index contributed by atoms with van der Waals surface area (Å²) in [6.07, 6.45) is 5.31. The van der Waals surface area contributed by atoms with Gasteiger partial charge < -0.3 is 0 Å². The van der Waals surface area contributed by atoms with Crippen LogP contribution in [0.4, 0.5) is 0 Å². The van der Waals surface area contributed by atoms with Crippen molar-refractivity contribution in [3.05, 3.63) is 24.1 Å². The molecule has 0 fully saturated rings. The first-order valence-corrected chi connectivity index (χ1v) is 3.17. The fourth-order valence-corrected chi connectivity index (χ4v) is 0.560. The predicted molar refractivity (Wildman–Crippen MR) is 41.1 cm³/mol. The van der Waals surface area contributed by atoms with E-state index < -0.39 is 0 Å². The van der Waals surface area contributed by atoms with Crippen molar-refractivity contribution in [1.82, 2.24) is 0 Å². The average molecular weight is 127 g/mol. The van der Waals surface area contributed by atoms with Crippen molar-refractivity contribution in [3.8, 4) is 0 Å². The monoisotopic (exact) mass is 127 g/mol. The van der Waals surface area contributed by atoms with Gasteiger partial charge in [0.15, 0.2) is 0 Å². The van der Waals surface area contributed by atoms with Gasteiger partial charge in [-0.15, -0.1) is 0 Å². The van der Waals surface area contributed by atoms with Gasteiger partial charge in [-0.25, -0.2) is 4.40 Å². The summed E-state index contributed by atoms with van der Waals surface area (Å²) in [5.41, 5.74) is 0. The van der Waals surface area contributed by atoms with Crippen LogP contribution in [0.1, 0.15) is 6.92 Å². The molecule has 0 radical (unpaired) electrons. The molecule has 0 saturated carbocycles. The number of nitrogens with zero attached hydrogens (tertiary/aromatic N) is 1. The summed E-state index contributed by atoms with van der Waals surface area (Å²) in [5, 5.41) is 1.87. The zero-order valence-electron chi connectivity index (χ0n) is 4.87. The smallest absolute Gasteiger partial charge is 0.00986 e. The molecule has 8 heavy (non-hydrogen) atoms. The third-order valence-corrected chi connectivity index (χ3v) is 1.05. The molecule has 0 amide bonds. The highest BCUT2D eigenvalue weighted by Gasteiger charge is 1.63. The lowest BCUT2D eigenvalue weighted by Gasteiger charge is -1.74. The lowest BCUT2D eigenvalue weighted by atomic mass is 10.6. The van der Waals surface area contributed by atoms with E-state index in [1.807, 2.05) is 18.4 Å². The van der Waals surface area contributed by atoms with Gasteiger partial charge in [-0.3, -0.25) is 0 Å². The van der Waals surface area contributed by atoms with E-state index in [2.05, 4.69) is 11.0 Å². The van der Waals surface area contributed by atoms with Crippen molar-refractivity contribution in [1.29, 1.82) is 0 Å². The van der Waals surface area contributed by atoms with Gasteiger partial charge in [0.25, 0.3) is 0 Å². The fraction of sp³-hybridized carbons (Fsp3) is 0.167. The van der Waals surface area contributed by atoms with Gasteiger partial charge in [-0.1, -0.05) is 18.7 Å². The van der Waals surface area contributed by atoms with Crippen LogP contribution in [-0.2, 0) is 0 Å². The third-order valence-electron chi connectivity index (χ3n) is 0.442. The summed E-state index contributed by atoms with van der Waals surface area (Å²) in [4.78, 5) is 0. The molecule has 0 spiro atoms. The maximum atomic E-state index is 3.87. The van der Waals surface area contributed by atoms with Crippen LogP contribution in [0.5, 0.6) is 0 Å². The summed E-state index contributed by atoms with van der Waals surface area (Å²) < 4.78 is 3.87. The Labute approximate surface area is 54.3 Å². The Hall–Kier alpha value is -0.500. The molecule has 2 heteroatoms. The van der Waals surface area contributed by atoms with Gasteiger partial charge in [0, 0.05) is 18.2 Å². The maximum absolute atomic E-state index is 3.87. The zero-order valence-corrected chi connectivity index (χ0v) is 5.69. The minimum Gasteiger partial charge on any atom is -0.225 e. The van der Waals surface area contributed by atoms with Crippen molar-refractivity contribution < 1.29 is 0 Å². The van der Waals surface area contributed by atoms with E-state index in [1.54, 1.807) is 12.3 Å². The summed E-state index contributed by atoms with van der Waals surface area (Å²) in [6.45, 7) is 5.39. The van der Waals surface area contributed by atoms with Crippen molar-refractivity contribution in [2.45, 2.75) is 6.92 Å². The van der Waals surface area contributed by atoms with Crippen LogP contribution in [0.2, 0.25) is 0 Å². The predicted octanol–water partition coefficient (Wildman–Crippen LogP) is 2.43. The van der Waals surface area contributed by atoms with Gasteiger partial charge in [-0.05, 0) is 12.3 Å². The Bertz CT molecular complexity index is 105. The lowest BCUT2D eigenvalue weighted by molar-refractivity contribution is 1.89. The van der Waals surface area contributed by atoms with Crippen LogP contribution < -0.4 is 0 Å². The minimum absolute atomic E-state index is 1.40. The summed E-state index contributed by atoms with van der Waals surface area (Å²) >= 11 is 1.40. The van der Waals surface area contributed by atoms with Gasteiger partial charge in [0.1, 0.15) is 0 Å². The molecule has 0 bridgehead atoms. The van der Waals surface area contributed by atoms with Gasteiger partial charge >= 0.3 is 0 Å². The van der Waals surface area contributed by atoms with Crippen molar-refractivity contribution >= 4 is 18.2 Å². The van der Waals surface area contributed by atoms with Gasteiger partial charge in [-0.2, -0.15) is 0 Å². The largest absolute Gasteiger partial charge is 0.225 e. The van der Waals surface area contributed by atoms with E-state index in [9.17, 15) is 0 Å². The van der Waals surface area contributed by atoms with E-state index in [1.165, 1.54) is 11.9 Å². The Kier molecular flexibility index (Phi) is 6.09. The molecule has 0 saturated heterocycles. The molecule has 1 nitrogen and oxygen atoms in total. The maximum Gasteiger partial charge on any atom is 0.00986 e. The Balaban J connectivity index is 3.15. The second kappa shape index (κ2) is 6.50. The molecule has 0 unspecified atom stereocenters. The molecule has 0 aromatic heterocycles. The standard InChI is InChI=1S/C6H9NS/c1-3-5-6-8-7-4-2/h3-6H,1H2,2H3/b6-5-,7-4?. The lowest BCUT2D eigenvalue weighted by Crippen LogP contribution is -1.48. The molecule has 0 N–H and O–H groups in total. The molecule has 0 aliphatic carbocycles. The van der Waals surface area contributed by atoms with Crippen molar-refractivity contribution in [2.75, 3.05) is 0 Å².